The SMILES string of the molecule is Cc1cc(I)cc2scc(Cl)c12. The molecule has 0 spiro atoms. The number of hydrogen-bond acceptors (Lipinski definition) is 1. The van der Waals surface area contributed by atoms with Gasteiger partial charge >= 0.3 is 0 Å². The summed E-state index contributed by atoms with van der Waals surface area (Å²) in [6.07, 6.45) is 0. The molecule has 1 aromatic carbocycles. The predicted molar refractivity (Wildman–Crippen MR) is 64.3 cm³/mol. The van der Waals surface area contributed by atoms with Gasteiger partial charge in [-0.1, -0.05) is 11.6 Å². The molecule has 3 heteroatoms. The number of rotatable bonds is 0. The molecule has 0 atom stereocenters. The van der Waals surface area contributed by atoms with Crippen molar-refractivity contribution in [3.05, 3.63) is 31.7 Å². The maximum absolute atomic E-state index is 6.04. The van der Waals surface area contributed by atoms with Crippen LogP contribution in [0.15, 0.2) is 17.5 Å². The monoisotopic (exact) mass is 308 g/mol. The zero-order valence-corrected chi connectivity index (χ0v) is 10.1. The Labute approximate surface area is 93.7 Å². The highest BCUT2D eigenvalue weighted by Gasteiger charge is 2.05. The van der Waals surface area contributed by atoms with Crippen molar-refractivity contribution >= 4 is 55.6 Å². The summed E-state index contributed by atoms with van der Waals surface area (Å²) in [4.78, 5) is 0. The Bertz CT molecular complexity index is 433. The summed E-state index contributed by atoms with van der Waals surface area (Å²) in [5.74, 6) is 0. The number of thiophene rings is 1. The first-order valence-corrected chi connectivity index (χ1v) is 5.85. The minimum Gasteiger partial charge on any atom is -0.142 e. The first-order valence-electron chi connectivity index (χ1n) is 3.51. The molecule has 0 radical (unpaired) electrons. The standard InChI is InChI=1S/C9H6ClIS/c1-5-2-6(11)3-8-9(5)7(10)4-12-8/h2-4H,1H3. The van der Waals surface area contributed by atoms with Crippen molar-refractivity contribution in [2.45, 2.75) is 6.92 Å². The summed E-state index contributed by atoms with van der Waals surface area (Å²) in [6, 6.07) is 4.32. The smallest absolute Gasteiger partial charge is 0.0594 e. The summed E-state index contributed by atoms with van der Waals surface area (Å²) < 4.78 is 2.56. The highest BCUT2D eigenvalue weighted by atomic mass is 127. The second-order valence-corrected chi connectivity index (χ2v) is 5.24. The molecule has 0 unspecified atom stereocenters. The molecule has 62 valence electrons. The molecule has 0 N–H and O–H groups in total. The highest BCUT2D eigenvalue weighted by Crippen LogP contribution is 2.33. The molecule has 1 aromatic heterocycles. The maximum Gasteiger partial charge on any atom is 0.0594 e. The summed E-state index contributed by atoms with van der Waals surface area (Å²) in [7, 11) is 0. The van der Waals surface area contributed by atoms with Crippen LogP contribution in [0.5, 0.6) is 0 Å². The highest BCUT2D eigenvalue weighted by molar-refractivity contribution is 14.1. The van der Waals surface area contributed by atoms with E-state index in [1.165, 1.54) is 19.2 Å². The zero-order chi connectivity index (χ0) is 8.72. The molecule has 12 heavy (non-hydrogen) atoms. The fraction of sp³-hybridized carbons (Fsp3) is 0.111. The lowest BCUT2D eigenvalue weighted by Gasteiger charge is -1.97. The number of hydrogen-bond donors (Lipinski definition) is 0. The molecule has 0 bridgehead atoms. The van der Waals surface area contributed by atoms with Crippen molar-refractivity contribution in [3.63, 3.8) is 0 Å². The van der Waals surface area contributed by atoms with Crippen LogP contribution < -0.4 is 0 Å². The van der Waals surface area contributed by atoms with Crippen molar-refractivity contribution in [3.8, 4) is 0 Å². The van der Waals surface area contributed by atoms with Gasteiger partial charge in [-0.2, -0.15) is 0 Å². The second-order valence-electron chi connectivity index (χ2n) is 2.68. The van der Waals surface area contributed by atoms with E-state index in [1.54, 1.807) is 11.3 Å². The van der Waals surface area contributed by atoms with Gasteiger partial charge in [0.1, 0.15) is 0 Å². The lowest BCUT2D eigenvalue weighted by Crippen LogP contribution is -1.76. The Morgan fingerprint density at radius 2 is 2.17 bits per heavy atom. The average Bonchev–Trinajstić information content (AvgIpc) is 2.31. The van der Waals surface area contributed by atoms with E-state index in [0.29, 0.717) is 0 Å². The van der Waals surface area contributed by atoms with Crippen LogP contribution in [0.25, 0.3) is 10.1 Å². The van der Waals surface area contributed by atoms with Crippen LogP contribution in [-0.4, -0.2) is 0 Å². The zero-order valence-electron chi connectivity index (χ0n) is 6.40. The molecule has 0 nitrogen and oxygen atoms in total. The quantitative estimate of drug-likeness (QED) is 0.630. The van der Waals surface area contributed by atoms with E-state index in [9.17, 15) is 0 Å². The Balaban J connectivity index is 2.93. The van der Waals surface area contributed by atoms with Crippen molar-refractivity contribution in [2.75, 3.05) is 0 Å². The van der Waals surface area contributed by atoms with Gasteiger partial charge in [-0.3, -0.25) is 0 Å². The molecule has 0 amide bonds. The summed E-state index contributed by atoms with van der Waals surface area (Å²) >= 11 is 10.1. The fourth-order valence-corrected chi connectivity index (χ4v) is 3.65. The van der Waals surface area contributed by atoms with Gasteiger partial charge in [0, 0.05) is 19.0 Å². The van der Waals surface area contributed by atoms with E-state index in [-0.39, 0.29) is 0 Å². The van der Waals surface area contributed by atoms with Gasteiger partial charge in [0.15, 0.2) is 0 Å². The average molecular weight is 309 g/mol. The van der Waals surface area contributed by atoms with Gasteiger partial charge in [-0.25, -0.2) is 0 Å². The fourth-order valence-electron chi connectivity index (χ4n) is 1.29. The molecule has 0 aliphatic rings. The molecule has 2 aromatic rings. The minimum atomic E-state index is 0.879. The number of halogens is 2. The van der Waals surface area contributed by atoms with Crippen LogP contribution in [0.2, 0.25) is 5.02 Å². The maximum atomic E-state index is 6.04. The lowest BCUT2D eigenvalue weighted by molar-refractivity contribution is 1.52. The normalized spacial score (nSPS) is 10.9. The minimum absolute atomic E-state index is 0.879. The van der Waals surface area contributed by atoms with E-state index in [4.69, 9.17) is 11.6 Å². The summed E-state index contributed by atoms with van der Waals surface area (Å²) in [5.41, 5.74) is 1.27. The predicted octanol–water partition coefficient (Wildman–Crippen LogP) is 4.47. The molecule has 0 aliphatic heterocycles. The van der Waals surface area contributed by atoms with Gasteiger partial charge in [0.05, 0.1) is 5.02 Å². The Kier molecular flexibility index (Phi) is 2.31. The van der Waals surface area contributed by atoms with E-state index >= 15 is 0 Å². The molecule has 0 saturated heterocycles. The van der Waals surface area contributed by atoms with Crippen molar-refractivity contribution < 1.29 is 0 Å². The molecule has 0 saturated carbocycles. The summed E-state index contributed by atoms with van der Waals surface area (Å²) in [5, 5.41) is 4.08. The van der Waals surface area contributed by atoms with E-state index in [1.807, 2.05) is 5.38 Å². The number of fused-ring (bicyclic) bond motifs is 1. The van der Waals surface area contributed by atoms with E-state index in [2.05, 4.69) is 41.6 Å². The lowest BCUT2D eigenvalue weighted by atomic mass is 10.2. The van der Waals surface area contributed by atoms with Crippen LogP contribution in [0.3, 0.4) is 0 Å². The second kappa shape index (κ2) is 3.16. The van der Waals surface area contributed by atoms with Gasteiger partial charge in [0.25, 0.3) is 0 Å². The Hall–Kier alpha value is 0.200. The van der Waals surface area contributed by atoms with Gasteiger partial charge < -0.3 is 0 Å². The Morgan fingerprint density at radius 3 is 2.92 bits per heavy atom. The van der Waals surface area contributed by atoms with E-state index in [0.717, 1.165) is 5.02 Å². The first-order chi connectivity index (χ1) is 5.68. The van der Waals surface area contributed by atoms with E-state index < -0.39 is 0 Å². The molecule has 2 rings (SSSR count). The molecular weight excluding hydrogens is 303 g/mol. The van der Waals surface area contributed by atoms with Crippen molar-refractivity contribution in [1.82, 2.24) is 0 Å². The van der Waals surface area contributed by atoms with Crippen LogP contribution in [0.1, 0.15) is 5.56 Å². The first kappa shape index (κ1) is 8.78. The number of benzene rings is 1. The Morgan fingerprint density at radius 1 is 1.42 bits per heavy atom. The third kappa shape index (κ3) is 1.36. The van der Waals surface area contributed by atoms with Crippen LogP contribution in [0.4, 0.5) is 0 Å². The molecular formula is C9H6ClIS. The third-order valence-electron chi connectivity index (χ3n) is 1.79. The van der Waals surface area contributed by atoms with Crippen molar-refractivity contribution in [2.24, 2.45) is 0 Å². The van der Waals surface area contributed by atoms with Crippen LogP contribution in [-0.2, 0) is 0 Å². The summed E-state index contributed by atoms with van der Waals surface area (Å²) in [6.45, 7) is 2.10. The van der Waals surface area contributed by atoms with Gasteiger partial charge in [-0.15, -0.1) is 11.3 Å². The van der Waals surface area contributed by atoms with Crippen LogP contribution >= 0.6 is 45.5 Å². The van der Waals surface area contributed by atoms with Crippen molar-refractivity contribution in [1.29, 1.82) is 0 Å². The van der Waals surface area contributed by atoms with Gasteiger partial charge in [-0.05, 0) is 47.2 Å². The molecule has 1 heterocycles. The topological polar surface area (TPSA) is 0 Å². The van der Waals surface area contributed by atoms with Gasteiger partial charge in [0.2, 0.25) is 0 Å². The molecule has 0 fully saturated rings. The molecule has 0 aliphatic carbocycles. The number of aryl methyl sites for hydroxylation is 1. The largest absolute Gasteiger partial charge is 0.142 e. The van der Waals surface area contributed by atoms with Crippen LogP contribution in [0, 0.1) is 10.5 Å². The third-order valence-corrected chi connectivity index (χ3v) is 3.77.